The first kappa shape index (κ1) is 13.0. The predicted octanol–water partition coefficient (Wildman–Crippen LogP) is 2.00. The molecule has 1 rings (SSSR count). The summed E-state index contributed by atoms with van der Waals surface area (Å²) in [5.74, 6) is 1.93. The topological polar surface area (TPSA) is 72.2 Å². The van der Waals surface area contributed by atoms with Gasteiger partial charge in [-0.3, -0.25) is 14.9 Å². The number of carbonyl (C=O) groups is 1. The molecule has 5 nitrogen and oxygen atoms in total. The maximum Gasteiger partial charge on any atom is 0.271 e. The minimum Gasteiger partial charge on any atom is -0.351 e. The summed E-state index contributed by atoms with van der Waals surface area (Å²) in [6.07, 6.45) is 5.43. The van der Waals surface area contributed by atoms with Crippen molar-refractivity contribution in [2.24, 2.45) is 0 Å². The zero-order valence-electron chi connectivity index (χ0n) is 8.77. The molecule has 0 fully saturated rings. The van der Waals surface area contributed by atoms with E-state index in [1.165, 1.54) is 12.1 Å². The monoisotopic (exact) mass is 252 g/mol. The van der Waals surface area contributed by atoms with Crippen molar-refractivity contribution in [2.45, 2.75) is 6.42 Å². The van der Waals surface area contributed by atoms with Gasteiger partial charge < -0.3 is 5.32 Å². The van der Waals surface area contributed by atoms with Crippen LogP contribution >= 0.6 is 11.6 Å². The molecule has 6 heteroatoms. The van der Waals surface area contributed by atoms with E-state index in [0.717, 1.165) is 6.07 Å². The number of rotatable bonds is 4. The molecular formula is C11H9ClN2O3. The molecule has 0 aliphatic rings. The highest BCUT2D eigenvalue weighted by Crippen LogP contribution is 2.20. The minimum absolute atomic E-state index is 0.140. The Bertz CT molecular complexity index is 494. The Balaban J connectivity index is 2.87. The summed E-state index contributed by atoms with van der Waals surface area (Å²) in [6.45, 7) is 0.315. The van der Waals surface area contributed by atoms with Crippen LogP contribution in [0.5, 0.6) is 0 Å². The van der Waals surface area contributed by atoms with Crippen molar-refractivity contribution in [3.8, 4) is 12.3 Å². The number of amides is 1. The van der Waals surface area contributed by atoms with Gasteiger partial charge in [0.1, 0.15) is 0 Å². The number of nitro benzene ring substituents is 1. The molecule has 0 spiro atoms. The van der Waals surface area contributed by atoms with E-state index in [9.17, 15) is 14.9 Å². The Morgan fingerprint density at radius 2 is 2.24 bits per heavy atom. The zero-order chi connectivity index (χ0) is 12.8. The van der Waals surface area contributed by atoms with Crippen LogP contribution in [0.4, 0.5) is 5.69 Å². The van der Waals surface area contributed by atoms with Gasteiger partial charge in [-0.1, -0.05) is 11.6 Å². The van der Waals surface area contributed by atoms with Gasteiger partial charge in [0, 0.05) is 35.7 Å². The first-order valence-corrected chi connectivity index (χ1v) is 5.09. The normalized spacial score (nSPS) is 9.41. The van der Waals surface area contributed by atoms with Gasteiger partial charge in [-0.2, -0.15) is 0 Å². The van der Waals surface area contributed by atoms with Crippen molar-refractivity contribution in [3.05, 3.63) is 38.9 Å². The summed E-state index contributed by atoms with van der Waals surface area (Å²) in [5, 5.41) is 13.2. The number of carbonyl (C=O) groups excluding carboxylic acids is 1. The molecule has 0 unspecified atom stereocenters. The van der Waals surface area contributed by atoms with Gasteiger partial charge >= 0.3 is 0 Å². The molecule has 88 valence electrons. The van der Waals surface area contributed by atoms with E-state index < -0.39 is 10.8 Å². The second-order valence-electron chi connectivity index (χ2n) is 3.17. The highest BCUT2D eigenvalue weighted by molar-refractivity contribution is 6.31. The van der Waals surface area contributed by atoms with Crippen molar-refractivity contribution >= 4 is 23.2 Å². The molecule has 17 heavy (non-hydrogen) atoms. The van der Waals surface area contributed by atoms with Crippen LogP contribution in [0.15, 0.2) is 18.2 Å². The van der Waals surface area contributed by atoms with Crippen molar-refractivity contribution in [3.63, 3.8) is 0 Å². The lowest BCUT2D eigenvalue weighted by atomic mass is 10.2. The lowest BCUT2D eigenvalue weighted by Gasteiger charge is -2.03. The average molecular weight is 253 g/mol. The Morgan fingerprint density at radius 3 is 2.82 bits per heavy atom. The van der Waals surface area contributed by atoms with Crippen LogP contribution in [-0.4, -0.2) is 17.4 Å². The van der Waals surface area contributed by atoms with Crippen LogP contribution in [0.3, 0.4) is 0 Å². The van der Waals surface area contributed by atoms with Crippen molar-refractivity contribution in [1.29, 1.82) is 0 Å². The summed E-state index contributed by atoms with van der Waals surface area (Å²) < 4.78 is 0. The fourth-order valence-electron chi connectivity index (χ4n) is 1.16. The van der Waals surface area contributed by atoms with Crippen LogP contribution in [0.25, 0.3) is 0 Å². The summed E-state index contributed by atoms with van der Waals surface area (Å²) in [6, 6.07) is 3.70. The molecule has 0 aromatic heterocycles. The zero-order valence-corrected chi connectivity index (χ0v) is 9.53. The van der Waals surface area contributed by atoms with Gasteiger partial charge in [0.25, 0.3) is 11.6 Å². The molecule has 0 bridgehead atoms. The number of halogens is 1. The number of hydrogen-bond acceptors (Lipinski definition) is 3. The first-order valence-electron chi connectivity index (χ1n) is 4.71. The molecule has 0 saturated carbocycles. The van der Waals surface area contributed by atoms with Gasteiger partial charge in [-0.15, -0.1) is 12.3 Å². The number of benzene rings is 1. The molecule has 1 aromatic carbocycles. The standard InChI is InChI=1S/C11H9ClN2O3/c1-2-3-4-13-11(15)8-5-9(12)7-10(6-8)14(16)17/h1,5-7H,3-4H2,(H,13,15). The Morgan fingerprint density at radius 1 is 1.53 bits per heavy atom. The lowest BCUT2D eigenvalue weighted by molar-refractivity contribution is -0.384. The largest absolute Gasteiger partial charge is 0.351 e. The van der Waals surface area contributed by atoms with Crippen LogP contribution in [0.1, 0.15) is 16.8 Å². The minimum atomic E-state index is -0.607. The molecule has 1 N–H and O–H groups in total. The molecule has 0 aliphatic heterocycles. The third kappa shape index (κ3) is 3.78. The fraction of sp³-hybridized carbons (Fsp3) is 0.182. The van der Waals surface area contributed by atoms with Crippen molar-refractivity contribution in [1.82, 2.24) is 5.32 Å². The fourth-order valence-corrected chi connectivity index (χ4v) is 1.39. The predicted molar refractivity (Wildman–Crippen MR) is 63.9 cm³/mol. The molecular weight excluding hydrogens is 244 g/mol. The smallest absolute Gasteiger partial charge is 0.271 e. The molecule has 0 aliphatic carbocycles. The second kappa shape index (κ2) is 5.87. The van der Waals surface area contributed by atoms with Gasteiger partial charge in [0.15, 0.2) is 0 Å². The summed E-state index contributed by atoms with van der Waals surface area (Å²) in [4.78, 5) is 21.6. The van der Waals surface area contributed by atoms with E-state index >= 15 is 0 Å². The van der Waals surface area contributed by atoms with E-state index in [2.05, 4.69) is 11.2 Å². The van der Waals surface area contributed by atoms with Crippen LogP contribution in [-0.2, 0) is 0 Å². The van der Waals surface area contributed by atoms with E-state index in [0.29, 0.717) is 13.0 Å². The van der Waals surface area contributed by atoms with Crippen molar-refractivity contribution in [2.75, 3.05) is 6.54 Å². The molecule has 0 atom stereocenters. The van der Waals surface area contributed by atoms with Crippen LogP contribution in [0.2, 0.25) is 5.02 Å². The molecule has 0 heterocycles. The average Bonchev–Trinajstić information content (AvgIpc) is 2.28. The van der Waals surface area contributed by atoms with E-state index in [1.54, 1.807) is 0 Å². The van der Waals surface area contributed by atoms with Crippen LogP contribution < -0.4 is 5.32 Å². The highest BCUT2D eigenvalue weighted by Gasteiger charge is 2.13. The number of nitrogens with zero attached hydrogens (tertiary/aromatic N) is 1. The Hall–Kier alpha value is -2.06. The molecule has 0 saturated heterocycles. The third-order valence-corrected chi connectivity index (χ3v) is 2.13. The van der Waals surface area contributed by atoms with E-state index in [-0.39, 0.29) is 16.3 Å². The Labute approximate surface area is 103 Å². The number of nitro groups is 1. The van der Waals surface area contributed by atoms with Crippen molar-refractivity contribution < 1.29 is 9.72 Å². The third-order valence-electron chi connectivity index (χ3n) is 1.91. The van der Waals surface area contributed by atoms with E-state index in [4.69, 9.17) is 18.0 Å². The SMILES string of the molecule is C#CCCNC(=O)c1cc(Cl)cc([N+](=O)[O-])c1. The number of hydrogen-bond donors (Lipinski definition) is 1. The van der Waals surface area contributed by atoms with E-state index in [1.807, 2.05) is 0 Å². The summed E-state index contributed by atoms with van der Waals surface area (Å²) >= 11 is 5.68. The van der Waals surface area contributed by atoms with Gasteiger partial charge in [-0.25, -0.2) is 0 Å². The number of nitrogens with one attached hydrogen (secondary N) is 1. The van der Waals surface area contributed by atoms with Gasteiger partial charge in [0.05, 0.1) is 4.92 Å². The lowest BCUT2D eigenvalue weighted by Crippen LogP contribution is -2.24. The molecule has 1 amide bonds. The van der Waals surface area contributed by atoms with Crippen LogP contribution in [0, 0.1) is 22.5 Å². The second-order valence-corrected chi connectivity index (χ2v) is 3.60. The Kier molecular flexibility index (Phi) is 4.49. The molecule has 0 radical (unpaired) electrons. The quantitative estimate of drug-likeness (QED) is 0.386. The number of non-ortho nitro benzene ring substituents is 1. The molecule has 1 aromatic rings. The first-order chi connectivity index (χ1) is 8.04. The summed E-state index contributed by atoms with van der Waals surface area (Å²) in [7, 11) is 0. The van der Waals surface area contributed by atoms with Gasteiger partial charge in [-0.05, 0) is 6.07 Å². The maximum absolute atomic E-state index is 11.6. The van der Waals surface area contributed by atoms with Gasteiger partial charge in [0.2, 0.25) is 0 Å². The maximum atomic E-state index is 11.6. The highest BCUT2D eigenvalue weighted by atomic mass is 35.5. The summed E-state index contributed by atoms with van der Waals surface area (Å²) in [5.41, 5.74) is -0.0826. The number of terminal acetylenes is 1.